The zero-order valence-corrected chi connectivity index (χ0v) is 34.0. The molecule has 308 valence electrons. The summed E-state index contributed by atoms with van der Waals surface area (Å²) >= 11 is 0. The van der Waals surface area contributed by atoms with Crippen LogP contribution in [-0.4, -0.2) is 41.5 Å². The van der Waals surface area contributed by atoms with Crippen LogP contribution in [0.1, 0.15) is 87.7 Å². The summed E-state index contributed by atoms with van der Waals surface area (Å²) in [6.45, 7) is 6.19. The Hall–Kier alpha value is -7.48. The van der Waals surface area contributed by atoms with Gasteiger partial charge in [-0.15, -0.1) is 0 Å². The number of esters is 2. The minimum atomic E-state index is -0.548. The van der Waals surface area contributed by atoms with Crippen LogP contribution in [0.5, 0.6) is 0 Å². The molecule has 2 unspecified atom stereocenters. The molecular formula is C47H44N8O6. The second-order valence-electron chi connectivity index (χ2n) is 14.7. The van der Waals surface area contributed by atoms with Gasteiger partial charge in [0.05, 0.1) is 23.8 Å². The van der Waals surface area contributed by atoms with Crippen LogP contribution in [0.3, 0.4) is 0 Å². The molecule has 14 heteroatoms. The fourth-order valence-electron chi connectivity index (χ4n) is 7.65. The molecule has 2 atom stereocenters. The minimum Gasteiger partial charge on any atom is -0.453 e. The Balaban J connectivity index is 0.000000169. The number of hydrogen-bond acceptors (Lipinski definition) is 12. The molecule has 4 aromatic heterocycles. The third kappa shape index (κ3) is 8.65. The molecule has 61 heavy (non-hydrogen) atoms. The molecule has 2 aliphatic carbocycles. The van der Waals surface area contributed by atoms with Crippen LogP contribution in [0.15, 0.2) is 125 Å². The zero-order chi connectivity index (χ0) is 42.5. The van der Waals surface area contributed by atoms with Gasteiger partial charge in [0.25, 0.3) is 11.1 Å². The molecule has 7 aromatic rings. The van der Waals surface area contributed by atoms with E-state index in [0.717, 1.165) is 53.1 Å². The first-order valence-electron chi connectivity index (χ1n) is 20.3. The van der Waals surface area contributed by atoms with Crippen molar-refractivity contribution in [2.45, 2.75) is 71.8 Å². The van der Waals surface area contributed by atoms with Crippen molar-refractivity contribution >= 4 is 45.5 Å². The molecule has 0 spiro atoms. The third-order valence-corrected chi connectivity index (χ3v) is 10.9. The summed E-state index contributed by atoms with van der Waals surface area (Å²) in [5.41, 5.74) is 6.85. The Morgan fingerprint density at radius 3 is 1.70 bits per heavy atom. The summed E-state index contributed by atoms with van der Waals surface area (Å²) in [4.78, 5) is 59.7. The number of benzene rings is 3. The quantitative estimate of drug-likeness (QED) is 0.128. The van der Waals surface area contributed by atoms with E-state index in [4.69, 9.17) is 9.47 Å². The van der Waals surface area contributed by atoms with Crippen molar-refractivity contribution in [2.24, 2.45) is 0 Å². The Labute approximate surface area is 351 Å². The predicted octanol–water partition coefficient (Wildman–Crippen LogP) is 7.95. The fourth-order valence-corrected chi connectivity index (χ4v) is 7.65. The van der Waals surface area contributed by atoms with Gasteiger partial charge in [-0.05, 0) is 80.3 Å². The highest BCUT2D eigenvalue weighted by Crippen LogP contribution is 2.35. The summed E-state index contributed by atoms with van der Waals surface area (Å²) < 4.78 is 14.0. The number of nitrogens with one attached hydrogen (secondary N) is 2. The van der Waals surface area contributed by atoms with Crippen LogP contribution in [0.2, 0.25) is 0 Å². The molecule has 0 bridgehead atoms. The highest BCUT2D eigenvalue weighted by molar-refractivity contribution is 5.95. The van der Waals surface area contributed by atoms with E-state index in [1.165, 1.54) is 32.6 Å². The lowest BCUT2D eigenvalue weighted by molar-refractivity contribution is 0.0282. The molecule has 9 rings (SSSR count). The van der Waals surface area contributed by atoms with E-state index in [2.05, 4.69) is 42.9 Å². The lowest BCUT2D eigenvalue weighted by Gasteiger charge is -2.15. The average molecular weight is 817 g/mol. The number of pyridine rings is 2. The Kier molecular flexibility index (Phi) is 11.8. The molecule has 2 aliphatic rings. The van der Waals surface area contributed by atoms with Crippen LogP contribution in [0.25, 0.3) is 10.8 Å². The van der Waals surface area contributed by atoms with Crippen LogP contribution in [-0.2, 0) is 35.4 Å². The summed E-state index contributed by atoms with van der Waals surface area (Å²) in [7, 11) is 0. The summed E-state index contributed by atoms with van der Waals surface area (Å²) in [6.07, 6.45) is 9.38. The molecule has 0 fully saturated rings. The fraction of sp³-hybridized carbons (Fsp3) is 0.234. The summed E-state index contributed by atoms with van der Waals surface area (Å²) in [5, 5.41) is 16.5. The van der Waals surface area contributed by atoms with E-state index in [1.54, 1.807) is 38.6 Å². The highest BCUT2D eigenvalue weighted by Gasteiger charge is 2.28. The van der Waals surface area contributed by atoms with Gasteiger partial charge in [0.2, 0.25) is 0 Å². The van der Waals surface area contributed by atoms with E-state index in [9.17, 15) is 19.2 Å². The number of carbonyl (C=O) groups excluding carboxylic acids is 2. The molecule has 14 nitrogen and oxygen atoms in total. The molecule has 0 saturated carbocycles. The SMILES string of the molecule is CCn1nc(C(=O)OC2CCc3ccccc32)cc(Nc2cncc3ccccc23)c1=O.CCn1nc(C(=O)OC2CCc3ccccc32)cc(Nc2cnccc2C)c1=O. The maximum Gasteiger partial charge on any atom is 0.359 e. The van der Waals surface area contributed by atoms with Gasteiger partial charge in [0.15, 0.2) is 11.4 Å². The predicted molar refractivity (Wildman–Crippen MR) is 231 cm³/mol. The topological polar surface area (TPSA) is 172 Å². The number of fused-ring (bicyclic) bond motifs is 3. The lowest BCUT2D eigenvalue weighted by atomic mass is 10.1. The van der Waals surface area contributed by atoms with Crippen molar-refractivity contribution in [1.82, 2.24) is 29.5 Å². The number of rotatable bonds is 10. The first-order valence-corrected chi connectivity index (χ1v) is 20.3. The molecule has 3 aromatic carbocycles. The van der Waals surface area contributed by atoms with Gasteiger partial charge in [-0.2, -0.15) is 10.2 Å². The van der Waals surface area contributed by atoms with Crippen LogP contribution < -0.4 is 21.8 Å². The average Bonchev–Trinajstić information content (AvgIpc) is 3.89. The minimum absolute atomic E-state index is 0.0894. The summed E-state index contributed by atoms with van der Waals surface area (Å²) in [6, 6.07) is 28.4. The van der Waals surface area contributed by atoms with Crippen LogP contribution in [0.4, 0.5) is 22.7 Å². The van der Waals surface area contributed by atoms with E-state index in [1.807, 2.05) is 73.7 Å². The zero-order valence-electron chi connectivity index (χ0n) is 34.0. The number of anilines is 4. The van der Waals surface area contributed by atoms with Crippen molar-refractivity contribution in [1.29, 1.82) is 0 Å². The number of carbonyl (C=O) groups is 2. The molecule has 4 heterocycles. The van der Waals surface area contributed by atoms with Gasteiger partial charge in [0.1, 0.15) is 23.6 Å². The van der Waals surface area contributed by atoms with E-state index >= 15 is 0 Å². The van der Waals surface area contributed by atoms with Gasteiger partial charge < -0.3 is 20.1 Å². The number of aromatic nitrogens is 6. The van der Waals surface area contributed by atoms with Crippen LogP contribution >= 0.6 is 0 Å². The van der Waals surface area contributed by atoms with Gasteiger partial charge in [-0.3, -0.25) is 19.6 Å². The Bertz CT molecular complexity index is 2890. The van der Waals surface area contributed by atoms with E-state index in [-0.39, 0.29) is 46.1 Å². The van der Waals surface area contributed by atoms with Gasteiger partial charge in [0, 0.05) is 48.4 Å². The van der Waals surface area contributed by atoms with Crippen molar-refractivity contribution in [2.75, 3.05) is 10.6 Å². The highest BCUT2D eigenvalue weighted by atomic mass is 16.5. The molecule has 0 aliphatic heterocycles. The maximum absolute atomic E-state index is 13.0. The Morgan fingerprint density at radius 2 is 1.15 bits per heavy atom. The monoisotopic (exact) mass is 816 g/mol. The number of hydrogen-bond donors (Lipinski definition) is 2. The Morgan fingerprint density at radius 1 is 0.639 bits per heavy atom. The molecule has 0 radical (unpaired) electrons. The number of ether oxygens (including phenoxy) is 2. The lowest BCUT2D eigenvalue weighted by Crippen LogP contribution is -2.27. The van der Waals surface area contributed by atoms with Crippen LogP contribution in [0, 0.1) is 6.92 Å². The normalized spacial score (nSPS) is 14.9. The van der Waals surface area contributed by atoms with E-state index < -0.39 is 11.9 Å². The second kappa shape index (κ2) is 17.8. The molecule has 0 amide bonds. The maximum atomic E-state index is 13.0. The smallest absolute Gasteiger partial charge is 0.359 e. The van der Waals surface area contributed by atoms with Gasteiger partial charge in [-0.1, -0.05) is 72.8 Å². The first kappa shape index (κ1) is 40.3. The molecule has 0 saturated heterocycles. The summed E-state index contributed by atoms with van der Waals surface area (Å²) in [5.74, 6) is -1.09. The molecule has 2 N–H and O–H groups in total. The van der Waals surface area contributed by atoms with Gasteiger partial charge in [-0.25, -0.2) is 19.0 Å². The number of nitrogens with zero attached hydrogens (tertiary/aromatic N) is 6. The van der Waals surface area contributed by atoms with Gasteiger partial charge >= 0.3 is 11.9 Å². The van der Waals surface area contributed by atoms with E-state index in [0.29, 0.717) is 24.5 Å². The van der Waals surface area contributed by atoms with Crippen molar-refractivity contribution in [3.05, 3.63) is 176 Å². The standard InChI is InChI=1S/C25H22N4O3.C22H22N4O3/c1-2-29-24(30)20(27-22-15-26-14-17-8-4-5-9-18(17)22)13-21(28-29)25(31)32-23-12-11-16-7-3-6-10-19(16)23;1-3-26-21(27)17(24-19-13-23-11-10-14(19)2)12-18(25-26)22(28)29-20-9-8-15-6-4-5-7-16(15)20/h3-10,13-15,23,27H,2,11-12H2,1H3;4-7,10-13,20,24H,3,8-9H2,1-2H3. The first-order chi connectivity index (χ1) is 29.7. The van der Waals surface area contributed by atoms with Crippen molar-refractivity contribution in [3.8, 4) is 0 Å². The molecular weight excluding hydrogens is 773 g/mol. The largest absolute Gasteiger partial charge is 0.453 e. The van der Waals surface area contributed by atoms with Crippen molar-refractivity contribution in [3.63, 3.8) is 0 Å². The number of aryl methyl sites for hydroxylation is 5. The third-order valence-electron chi connectivity index (χ3n) is 10.9. The second-order valence-corrected chi connectivity index (χ2v) is 14.7. The van der Waals surface area contributed by atoms with Crippen molar-refractivity contribution < 1.29 is 19.1 Å².